The maximum absolute atomic E-state index is 11.8. The van der Waals surface area contributed by atoms with Crippen molar-refractivity contribution in [1.82, 2.24) is 15.4 Å². The lowest BCUT2D eigenvalue weighted by Gasteiger charge is -2.13. The molecule has 7 nitrogen and oxygen atoms in total. The Labute approximate surface area is 148 Å². The SMILES string of the molecule is O=C(CCCCCC(=O)N(S)N/N=C/c1cccc(Br)c1)NO. The van der Waals surface area contributed by atoms with Gasteiger partial charge >= 0.3 is 0 Å². The highest BCUT2D eigenvalue weighted by atomic mass is 79.9. The van der Waals surface area contributed by atoms with Crippen LogP contribution in [0.3, 0.4) is 0 Å². The molecular formula is C14H19BrN4O3S. The van der Waals surface area contributed by atoms with E-state index in [9.17, 15) is 9.59 Å². The maximum atomic E-state index is 11.8. The minimum absolute atomic E-state index is 0.216. The lowest BCUT2D eigenvalue weighted by atomic mass is 10.1. The number of hydrogen-bond donors (Lipinski definition) is 4. The third-order valence-electron chi connectivity index (χ3n) is 2.87. The zero-order chi connectivity index (χ0) is 17.1. The first-order chi connectivity index (χ1) is 11.0. The van der Waals surface area contributed by atoms with E-state index in [2.05, 4.69) is 39.4 Å². The quantitative estimate of drug-likeness (QED) is 0.168. The summed E-state index contributed by atoms with van der Waals surface area (Å²) in [6.07, 6.45) is 4.07. The fraction of sp³-hybridized carbons (Fsp3) is 0.357. The highest BCUT2D eigenvalue weighted by Gasteiger charge is 2.08. The van der Waals surface area contributed by atoms with E-state index in [0.717, 1.165) is 14.5 Å². The summed E-state index contributed by atoms with van der Waals surface area (Å²) in [6.45, 7) is 0. The van der Waals surface area contributed by atoms with Crippen LogP contribution in [0.5, 0.6) is 0 Å². The van der Waals surface area contributed by atoms with Gasteiger partial charge in [-0.1, -0.05) is 34.5 Å². The number of nitrogens with one attached hydrogen (secondary N) is 2. The van der Waals surface area contributed by atoms with Gasteiger partial charge in [0.05, 0.1) is 6.21 Å². The Kier molecular flexibility index (Phi) is 9.34. The van der Waals surface area contributed by atoms with E-state index in [1.165, 1.54) is 0 Å². The van der Waals surface area contributed by atoms with Gasteiger partial charge in [0, 0.05) is 17.3 Å². The fourth-order valence-corrected chi connectivity index (χ4v) is 2.27. The molecule has 0 aliphatic heterocycles. The van der Waals surface area contributed by atoms with Crippen molar-refractivity contribution in [3.05, 3.63) is 34.3 Å². The van der Waals surface area contributed by atoms with Gasteiger partial charge in [0.1, 0.15) is 0 Å². The Hall–Kier alpha value is -1.58. The van der Waals surface area contributed by atoms with Gasteiger partial charge in [-0.05, 0) is 43.4 Å². The van der Waals surface area contributed by atoms with Crippen LogP contribution in [0.4, 0.5) is 0 Å². The maximum Gasteiger partial charge on any atom is 0.252 e. The van der Waals surface area contributed by atoms with E-state index in [1.54, 1.807) is 11.7 Å². The number of benzene rings is 1. The van der Waals surface area contributed by atoms with Crippen molar-refractivity contribution < 1.29 is 14.8 Å². The molecule has 0 aliphatic rings. The first-order valence-corrected chi connectivity index (χ1v) is 8.21. The summed E-state index contributed by atoms with van der Waals surface area (Å²) in [4.78, 5) is 22.6. The number of nitrogens with zero attached hydrogens (tertiary/aromatic N) is 2. The zero-order valence-electron chi connectivity index (χ0n) is 12.4. The lowest BCUT2D eigenvalue weighted by molar-refractivity contribution is -0.129. The van der Waals surface area contributed by atoms with Crippen LogP contribution in [0.2, 0.25) is 0 Å². The topological polar surface area (TPSA) is 94.0 Å². The number of rotatable bonds is 9. The van der Waals surface area contributed by atoms with E-state index in [4.69, 9.17) is 5.21 Å². The van der Waals surface area contributed by atoms with E-state index >= 15 is 0 Å². The van der Waals surface area contributed by atoms with Crippen molar-refractivity contribution in [3.63, 3.8) is 0 Å². The monoisotopic (exact) mass is 402 g/mol. The van der Waals surface area contributed by atoms with Gasteiger partial charge in [-0.15, -0.1) is 0 Å². The van der Waals surface area contributed by atoms with Gasteiger partial charge in [0.25, 0.3) is 5.91 Å². The van der Waals surface area contributed by atoms with Crippen molar-refractivity contribution in [3.8, 4) is 0 Å². The first-order valence-electron chi connectivity index (χ1n) is 7.02. The average molecular weight is 403 g/mol. The molecule has 0 saturated carbocycles. The van der Waals surface area contributed by atoms with Gasteiger partial charge in [-0.2, -0.15) is 9.52 Å². The Balaban J connectivity index is 2.22. The van der Waals surface area contributed by atoms with E-state index in [1.807, 2.05) is 24.3 Å². The molecule has 0 unspecified atom stereocenters. The summed E-state index contributed by atoms with van der Waals surface area (Å²) < 4.78 is 1.96. The van der Waals surface area contributed by atoms with Gasteiger partial charge in [-0.3, -0.25) is 14.8 Å². The number of hydrogen-bond acceptors (Lipinski definition) is 6. The second kappa shape index (κ2) is 11.0. The Bertz CT molecular complexity index is 557. The number of unbranched alkanes of at least 4 members (excludes halogenated alkanes) is 2. The van der Waals surface area contributed by atoms with Crippen LogP contribution >= 0.6 is 28.7 Å². The van der Waals surface area contributed by atoms with Gasteiger partial charge in [0.15, 0.2) is 0 Å². The smallest absolute Gasteiger partial charge is 0.252 e. The molecule has 0 spiro atoms. The molecule has 0 fully saturated rings. The third-order valence-corrected chi connectivity index (χ3v) is 3.68. The van der Waals surface area contributed by atoms with Crippen LogP contribution in [0.15, 0.2) is 33.8 Å². The number of amides is 2. The molecule has 1 aromatic carbocycles. The Morgan fingerprint density at radius 1 is 1.30 bits per heavy atom. The number of hydrazone groups is 1. The highest BCUT2D eigenvalue weighted by Crippen LogP contribution is 2.10. The largest absolute Gasteiger partial charge is 0.289 e. The molecule has 0 radical (unpaired) electrons. The molecule has 23 heavy (non-hydrogen) atoms. The molecule has 0 bridgehead atoms. The molecule has 1 rings (SSSR count). The molecule has 9 heteroatoms. The molecule has 0 atom stereocenters. The van der Waals surface area contributed by atoms with Crippen LogP contribution in [0.25, 0.3) is 0 Å². The fourth-order valence-electron chi connectivity index (χ4n) is 1.70. The van der Waals surface area contributed by atoms with Crippen LogP contribution < -0.4 is 11.0 Å². The van der Waals surface area contributed by atoms with Crippen molar-refractivity contribution in [2.75, 3.05) is 0 Å². The Morgan fingerprint density at radius 3 is 2.74 bits per heavy atom. The molecular weight excluding hydrogens is 384 g/mol. The van der Waals surface area contributed by atoms with Crippen LogP contribution in [-0.4, -0.2) is 27.7 Å². The molecule has 0 aromatic heterocycles. The summed E-state index contributed by atoms with van der Waals surface area (Å²) in [5.41, 5.74) is 4.97. The zero-order valence-corrected chi connectivity index (χ0v) is 14.9. The van der Waals surface area contributed by atoms with Crippen LogP contribution in [-0.2, 0) is 9.59 Å². The predicted octanol–water partition coefficient (Wildman–Crippen LogP) is 2.42. The van der Waals surface area contributed by atoms with Crippen molar-refractivity contribution in [2.24, 2.45) is 5.10 Å². The third kappa shape index (κ3) is 8.58. The molecule has 0 saturated heterocycles. The number of hydroxylamine groups is 1. The van der Waals surface area contributed by atoms with E-state index < -0.39 is 5.91 Å². The number of carbonyl (C=O) groups excluding carboxylic acids is 2. The molecule has 0 aliphatic carbocycles. The summed E-state index contributed by atoms with van der Waals surface area (Å²) in [5, 5.41) is 12.3. The molecule has 126 valence electrons. The first kappa shape index (κ1) is 19.5. The second-order valence-electron chi connectivity index (χ2n) is 4.71. The molecule has 2 amide bonds. The van der Waals surface area contributed by atoms with Gasteiger partial charge < -0.3 is 0 Å². The van der Waals surface area contributed by atoms with Crippen molar-refractivity contribution in [1.29, 1.82) is 0 Å². The van der Waals surface area contributed by atoms with Crippen LogP contribution in [0, 0.1) is 0 Å². The number of hydrazine groups is 1. The summed E-state index contributed by atoms with van der Waals surface area (Å²) in [6, 6.07) is 7.55. The van der Waals surface area contributed by atoms with Crippen molar-refractivity contribution in [2.45, 2.75) is 32.1 Å². The minimum atomic E-state index is -0.421. The van der Waals surface area contributed by atoms with E-state index in [-0.39, 0.29) is 12.3 Å². The predicted molar refractivity (Wildman–Crippen MR) is 93.7 cm³/mol. The number of carbonyl (C=O) groups is 2. The molecule has 3 N–H and O–H groups in total. The van der Waals surface area contributed by atoms with Gasteiger partial charge in [-0.25, -0.2) is 11.0 Å². The van der Waals surface area contributed by atoms with Crippen LogP contribution in [0.1, 0.15) is 37.7 Å². The second-order valence-corrected chi connectivity index (χ2v) is 6.03. The van der Waals surface area contributed by atoms with E-state index in [0.29, 0.717) is 25.7 Å². The lowest BCUT2D eigenvalue weighted by Crippen LogP contribution is -2.31. The number of halogens is 1. The van der Waals surface area contributed by atoms with Crippen molar-refractivity contribution >= 4 is 46.8 Å². The molecule has 0 heterocycles. The standard InChI is InChI=1S/C14H19BrN4O3S/c15-12-6-4-5-11(9-12)10-16-18-19(23)14(21)8-3-1-2-7-13(20)17-22/h4-6,9-10,18,22-23H,1-3,7-8H2,(H,17,20)/b16-10+. The average Bonchev–Trinajstić information content (AvgIpc) is 2.54. The summed E-state index contributed by atoms with van der Waals surface area (Å²) in [7, 11) is 0. The Morgan fingerprint density at radius 2 is 2.04 bits per heavy atom. The molecule has 1 aromatic rings. The van der Waals surface area contributed by atoms with Gasteiger partial charge in [0.2, 0.25) is 5.91 Å². The highest BCUT2D eigenvalue weighted by molar-refractivity contribution is 9.10. The number of thiol groups is 1. The normalized spacial score (nSPS) is 10.6. The minimum Gasteiger partial charge on any atom is -0.289 e. The summed E-state index contributed by atoms with van der Waals surface area (Å²) >= 11 is 7.38. The summed E-state index contributed by atoms with van der Waals surface area (Å²) in [5.74, 6) is -0.637.